The van der Waals surface area contributed by atoms with Gasteiger partial charge >= 0.3 is 0 Å². The lowest BCUT2D eigenvalue weighted by atomic mass is 9.82. The fourth-order valence-electron chi connectivity index (χ4n) is 1.80. The summed E-state index contributed by atoms with van der Waals surface area (Å²) in [7, 11) is 1.88. The van der Waals surface area contributed by atoms with Crippen molar-refractivity contribution in [3.8, 4) is 0 Å². The van der Waals surface area contributed by atoms with E-state index in [-0.39, 0.29) is 6.10 Å². The minimum absolute atomic E-state index is 0.0708. The summed E-state index contributed by atoms with van der Waals surface area (Å²) in [6, 6.07) is 2.03. The molecule has 0 unspecified atom stereocenters. The molecular weight excluding hydrogens is 190 g/mol. The van der Waals surface area contributed by atoms with Crippen LogP contribution < -0.4 is 10.6 Å². The Kier molecular flexibility index (Phi) is 3.06. The first-order valence-corrected chi connectivity index (χ1v) is 5.32. The standard InChI is InChI=1S/C11H17N3O/c1-12-9-4-10(7-13-6-9)14-5-8-2-11(15)3-8/h4,6-8,11-12,14-15H,2-3,5H2,1H3. The largest absolute Gasteiger partial charge is 0.393 e. The number of aliphatic hydroxyl groups excluding tert-OH is 1. The van der Waals surface area contributed by atoms with Crippen LogP contribution in [0.3, 0.4) is 0 Å². The Balaban J connectivity index is 1.82. The van der Waals surface area contributed by atoms with Crippen molar-refractivity contribution in [2.45, 2.75) is 18.9 Å². The van der Waals surface area contributed by atoms with Gasteiger partial charge in [-0.25, -0.2) is 0 Å². The second-order valence-electron chi connectivity index (χ2n) is 4.08. The normalized spacial score (nSPS) is 24.4. The highest BCUT2D eigenvalue weighted by Gasteiger charge is 2.26. The first-order chi connectivity index (χ1) is 7.28. The highest BCUT2D eigenvalue weighted by Crippen LogP contribution is 2.27. The van der Waals surface area contributed by atoms with Gasteiger partial charge in [-0.15, -0.1) is 0 Å². The summed E-state index contributed by atoms with van der Waals surface area (Å²) in [5.41, 5.74) is 2.04. The van der Waals surface area contributed by atoms with Gasteiger partial charge in [0.25, 0.3) is 0 Å². The third-order valence-corrected chi connectivity index (χ3v) is 2.83. The molecule has 1 aliphatic rings. The van der Waals surface area contributed by atoms with Crippen molar-refractivity contribution in [3.05, 3.63) is 18.5 Å². The molecule has 2 rings (SSSR count). The van der Waals surface area contributed by atoms with Crippen molar-refractivity contribution in [1.82, 2.24) is 4.98 Å². The minimum Gasteiger partial charge on any atom is -0.393 e. The molecule has 0 atom stereocenters. The molecule has 0 aromatic carbocycles. The molecule has 1 aliphatic carbocycles. The zero-order valence-electron chi connectivity index (χ0n) is 8.90. The number of nitrogens with one attached hydrogen (secondary N) is 2. The zero-order valence-corrected chi connectivity index (χ0v) is 8.90. The predicted molar refractivity (Wildman–Crippen MR) is 61.0 cm³/mol. The Bertz CT molecular complexity index is 323. The van der Waals surface area contributed by atoms with Gasteiger partial charge in [0, 0.05) is 13.6 Å². The van der Waals surface area contributed by atoms with Crippen LogP contribution in [0.1, 0.15) is 12.8 Å². The van der Waals surface area contributed by atoms with Gasteiger partial charge < -0.3 is 15.7 Å². The molecule has 0 radical (unpaired) electrons. The van der Waals surface area contributed by atoms with E-state index in [9.17, 15) is 0 Å². The Hall–Kier alpha value is -1.29. The third-order valence-electron chi connectivity index (χ3n) is 2.83. The summed E-state index contributed by atoms with van der Waals surface area (Å²) < 4.78 is 0. The van der Waals surface area contributed by atoms with Gasteiger partial charge in [0.2, 0.25) is 0 Å². The summed E-state index contributed by atoms with van der Waals surface area (Å²) in [4.78, 5) is 4.12. The van der Waals surface area contributed by atoms with Crippen molar-refractivity contribution < 1.29 is 5.11 Å². The molecule has 1 heterocycles. The van der Waals surface area contributed by atoms with Gasteiger partial charge in [-0.05, 0) is 24.8 Å². The average molecular weight is 207 g/mol. The summed E-state index contributed by atoms with van der Waals surface area (Å²) in [5.74, 6) is 0.609. The van der Waals surface area contributed by atoms with Gasteiger partial charge in [-0.3, -0.25) is 4.98 Å². The third kappa shape index (κ3) is 2.59. The molecule has 82 valence electrons. The molecule has 3 N–H and O–H groups in total. The van der Waals surface area contributed by atoms with Crippen LogP contribution in [0.4, 0.5) is 11.4 Å². The summed E-state index contributed by atoms with van der Waals surface area (Å²) in [6.07, 6.45) is 5.38. The molecule has 1 fully saturated rings. The Morgan fingerprint density at radius 1 is 1.40 bits per heavy atom. The molecule has 4 heteroatoms. The summed E-state index contributed by atoms with van der Waals surface area (Å²) >= 11 is 0. The van der Waals surface area contributed by atoms with E-state index < -0.39 is 0 Å². The van der Waals surface area contributed by atoms with E-state index in [0.717, 1.165) is 30.8 Å². The van der Waals surface area contributed by atoms with Crippen LogP contribution in [0.25, 0.3) is 0 Å². The van der Waals surface area contributed by atoms with E-state index in [0.29, 0.717) is 5.92 Å². The maximum Gasteiger partial charge on any atom is 0.0547 e. The molecule has 1 aromatic heterocycles. The Morgan fingerprint density at radius 3 is 2.80 bits per heavy atom. The van der Waals surface area contributed by atoms with Gasteiger partial charge in [-0.1, -0.05) is 0 Å². The molecule has 0 amide bonds. The van der Waals surface area contributed by atoms with Crippen molar-refractivity contribution in [2.75, 3.05) is 24.2 Å². The molecule has 0 aliphatic heterocycles. The highest BCUT2D eigenvalue weighted by molar-refractivity contribution is 5.53. The van der Waals surface area contributed by atoms with Crippen LogP contribution in [0, 0.1) is 5.92 Å². The zero-order chi connectivity index (χ0) is 10.7. The van der Waals surface area contributed by atoms with Gasteiger partial charge in [0.15, 0.2) is 0 Å². The van der Waals surface area contributed by atoms with Crippen LogP contribution in [0.2, 0.25) is 0 Å². The van der Waals surface area contributed by atoms with Crippen molar-refractivity contribution in [1.29, 1.82) is 0 Å². The highest BCUT2D eigenvalue weighted by atomic mass is 16.3. The lowest BCUT2D eigenvalue weighted by molar-refractivity contribution is 0.0487. The lowest BCUT2D eigenvalue weighted by Crippen LogP contribution is -2.33. The maximum atomic E-state index is 9.15. The van der Waals surface area contributed by atoms with E-state index in [4.69, 9.17) is 5.11 Å². The fraction of sp³-hybridized carbons (Fsp3) is 0.545. The molecule has 4 nitrogen and oxygen atoms in total. The van der Waals surface area contributed by atoms with Crippen LogP contribution in [0.5, 0.6) is 0 Å². The number of pyridine rings is 1. The van der Waals surface area contributed by atoms with E-state index >= 15 is 0 Å². The van der Waals surface area contributed by atoms with Gasteiger partial charge in [-0.2, -0.15) is 0 Å². The summed E-state index contributed by atoms with van der Waals surface area (Å²) in [5, 5.41) is 15.5. The Labute approximate surface area is 89.7 Å². The Morgan fingerprint density at radius 2 is 2.13 bits per heavy atom. The lowest BCUT2D eigenvalue weighted by Gasteiger charge is -2.31. The number of hydrogen-bond donors (Lipinski definition) is 3. The average Bonchev–Trinajstić information content (AvgIpc) is 2.23. The van der Waals surface area contributed by atoms with Crippen molar-refractivity contribution in [3.63, 3.8) is 0 Å². The summed E-state index contributed by atoms with van der Waals surface area (Å²) in [6.45, 7) is 0.923. The quantitative estimate of drug-likeness (QED) is 0.696. The number of rotatable bonds is 4. The smallest absolute Gasteiger partial charge is 0.0547 e. The second kappa shape index (κ2) is 4.49. The van der Waals surface area contributed by atoms with Gasteiger partial charge in [0.05, 0.1) is 29.9 Å². The first-order valence-electron chi connectivity index (χ1n) is 5.32. The molecule has 15 heavy (non-hydrogen) atoms. The van der Waals surface area contributed by atoms with Gasteiger partial charge in [0.1, 0.15) is 0 Å². The molecule has 0 saturated heterocycles. The molecular formula is C11H17N3O. The van der Waals surface area contributed by atoms with Crippen LogP contribution in [0.15, 0.2) is 18.5 Å². The maximum absolute atomic E-state index is 9.15. The number of anilines is 2. The van der Waals surface area contributed by atoms with E-state index in [1.165, 1.54) is 0 Å². The molecule has 0 bridgehead atoms. The molecule has 1 aromatic rings. The first kappa shape index (κ1) is 10.2. The SMILES string of the molecule is CNc1cncc(NCC2CC(O)C2)c1. The monoisotopic (exact) mass is 207 g/mol. The number of aliphatic hydroxyl groups is 1. The minimum atomic E-state index is -0.0708. The predicted octanol–water partition coefficient (Wildman–Crippen LogP) is 1.31. The number of nitrogens with zero attached hydrogens (tertiary/aromatic N) is 1. The topological polar surface area (TPSA) is 57.2 Å². The second-order valence-corrected chi connectivity index (χ2v) is 4.08. The van der Waals surface area contributed by atoms with Crippen LogP contribution >= 0.6 is 0 Å². The van der Waals surface area contributed by atoms with E-state index in [2.05, 4.69) is 15.6 Å². The van der Waals surface area contributed by atoms with Crippen molar-refractivity contribution in [2.24, 2.45) is 5.92 Å². The van der Waals surface area contributed by atoms with Crippen molar-refractivity contribution >= 4 is 11.4 Å². The molecule has 0 spiro atoms. The fourth-order valence-corrected chi connectivity index (χ4v) is 1.80. The van der Waals surface area contributed by atoms with Crippen LogP contribution in [-0.2, 0) is 0 Å². The van der Waals surface area contributed by atoms with E-state index in [1.807, 2.05) is 19.3 Å². The number of aromatic nitrogens is 1. The van der Waals surface area contributed by atoms with E-state index in [1.54, 1.807) is 6.20 Å². The van der Waals surface area contributed by atoms with Crippen LogP contribution in [-0.4, -0.2) is 29.8 Å². The molecule has 1 saturated carbocycles. The number of hydrogen-bond acceptors (Lipinski definition) is 4.